The van der Waals surface area contributed by atoms with Gasteiger partial charge in [-0.05, 0) is 49.2 Å². The number of aryl methyl sites for hydroxylation is 1. The quantitative estimate of drug-likeness (QED) is 0.257. The number of benzene rings is 1. The number of rotatable bonds is 8. The third-order valence-electron chi connectivity index (χ3n) is 8.37. The minimum Gasteiger partial charge on any atom is -0.508 e. The Morgan fingerprint density at radius 3 is 2.67 bits per heavy atom. The number of aliphatic hydroxyl groups is 1. The molecule has 5 aromatic rings. The van der Waals surface area contributed by atoms with Crippen LogP contribution < -0.4 is 4.90 Å². The van der Waals surface area contributed by atoms with E-state index < -0.39 is 0 Å². The molecular formula is C31H29FN8O2. The fraction of sp³-hybridized carbons (Fsp3) is 0.290. The summed E-state index contributed by atoms with van der Waals surface area (Å²) in [5.41, 5.74) is 5.10. The molecule has 8 rings (SSSR count). The highest BCUT2D eigenvalue weighted by atomic mass is 19.1. The van der Waals surface area contributed by atoms with Gasteiger partial charge in [0.05, 0.1) is 17.5 Å². The molecule has 10 nitrogen and oxygen atoms in total. The molecule has 3 aliphatic heterocycles. The van der Waals surface area contributed by atoms with Crippen molar-refractivity contribution in [1.29, 1.82) is 5.26 Å². The first-order valence-corrected chi connectivity index (χ1v) is 14.0. The van der Waals surface area contributed by atoms with Crippen molar-refractivity contribution in [2.75, 3.05) is 24.6 Å². The molecule has 42 heavy (non-hydrogen) atoms. The lowest BCUT2D eigenvalue weighted by Crippen LogP contribution is -2.68. The van der Waals surface area contributed by atoms with Crippen molar-refractivity contribution >= 4 is 16.9 Å². The van der Waals surface area contributed by atoms with Gasteiger partial charge in [0.25, 0.3) is 0 Å². The van der Waals surface area contributed by atoms with Crippen LogP contribution in [0.15, 0.2) is 61.2 Å². The van der Waals surface area contributed by atoms with Crippen LogP contribution >= 0.6 is 0 Å². The number of fused-ring (bicyclic) bond motifs is 3. The number of nitriles is 1. The number of hydrogen-bond donors (Lipinski definition) is 3. The van der Waals surface area contributed by atoms with E-state index in [1.807, 2.05) is 30.6 Å². The lowest BCUT2D eigenvalue weighted by Gasteiger charge is -2.56. The lowest BCUT2D eigenvalue weighted by atomic mass is 9.86. The van der Waals surface area contributed by atoms with Crippen LogP contribution in [-0.2, 0) is 13.1 Å². The fourth-order valence-electron chi connectivity index (χ4n) is 6.21. The first-order chi connectivity index (χ1) is 20.5. The van der Waals surface area contributed by atoms with E-state index in [0.717, 1.165) is 53.1 Å². The molecule has 4 aromatic heterocycles. The van der Waals surface area contributed by atoms with Gasteiger partial charge in [0.1, 0.15) is 29.1 Å². The van der Waals surface area contributed by atoms with Gasteiger partial charge >= 0.3 is 0 Å². The zero-order valence-corrected chi connectivity index (χ0v) is 22.8. The molecule has 7 heterocycles. The summed E-state index contributed by atoms with van der Waals surface area (Å²) in [6.07, 6.45) is 8.79. The summed E-state index contributed by atoms with van der Waals surface area (Å²) in [4.78, 5) is 17.2. The van der Waals surface area contributed by atoms with Crippen LogP contribution in [0.5, 0.6) is 5.75 Å². The third-order valence-corrected chi connectivity index (χ3v) is 8.37. The number of piperazine rings is 1. The molecule has 11 heteroatoms. The van der Waals surface area contributed by atoms with Gasteiger partial charge < -0.3 is 20.1 Å². The number of nitrogens with zero attached hydrogens (tertiary/aromatic N) is 7. The minimum absolute atomic E-state index is 0.109. The summed E-state index contributed by atoms with van der Waals surface area (Å²) in [6, 6.07) is 13.0. The number of piperidine rings is 1. The lowest BCUT2D eigenvalue weighted by molar-refractivity contribution is -0.00921. The first kappa shape index (κ1) is 26.1. The number of phenols is 1. The van der Waals surface area contributed by atoms with Crippen LogP contribution in [0.1, 0.15) is 24.0 Å². The number of phenolic OH excluding ortho intramolecular Hbond substituents is 1. The maximum Gasteiger partial charge on any atom is 0.138 e. The average Bonchev–Trinajstić information content (AvgIpc) is 3.67. The monoisotopic (exact) mass is 564 g/mol. The largest absolute Gasteiger partial charge is 0.508 e. The summed E-state index contributed by atoms with van der Waals surface area (Å²) in [5.74, 6) is 0.655. The number of aliphatic hydroxyl groups excluding tert-OH is 1. The van der Waals surface area contributed by atoms with Gasteiger partial charge in [-0.1, -0.05) is 0 Å². The van der Waals surface area contributed by atoms with E-state index in [1.165, 1.54) is 18.2 Å². The number of aromatic nitrogens is 5. The number of aromatic hydroxyl groups is 1. The van der Waals surface area contributed by atoms with Gasteiger partial charge in [-0.2, -0.15) is 10.4 Å². The summed E-state index contributed by atoms with van der Waals surface area (Å²) in [5, 5.41) is 34.4. The van der Waals surface area contributed by atoms with Gasteiger partial charge in [0, 0.05) is 91.1 Å². The van der Waals surface area contributed by atoms with E-state index in [2.05, 4.69) is 30.9 Å². The normalized spacial score (nSPS) is 18.3. The number of anilines is 1. The molecule has 1 aromatic carbocycles. The molecule has 2 unspecified atom stereocenters. The van der Waals surface area contributed by atoms with E-state index in [4.69, 9.17) is 10.1 Å². The van der Waals surface area contributed by atoms with Crippen LogP contribution in [-0.4, -0.2) is 71.6 Å². The van der Waals surface area contributed by atoms with Crippen molar-refractivity contribution in [3.63, 3.8) is 0 Å². The van der Waals surface area contributed by atoms with E-state index in [0.29, 0.717) is 48.4 Å². The molecule has 3 saturated heterocycles. The molecule has 3 fully saturated rings. The van der Waals surface area contributed by atoms with Crippen LogP contribution in [0.3, 0.4) is 0 Å². The predicted octanol–water partition coefficient (Wildman–Crippen LogP) is 4.05. The highest BCUT2D eigenvalue weighted by Gasteiger charge is 2.44. The molecule has 0 amide bonds. The second-order valence-corrected chi connectivity index (χ2v) is 11.0. The number of H-pyrrole nitrogens is 1. The fourth-order valence-corrected chi connectivity index (χ4v) is 6.21. The van der Waals surface area contributed by atoms with Gasteiger partial charge in [0.2, 0.25) is 0 Å². The van der Waals surface area contributed by atoms with Crippen molar-refractivity contribution < 1.29 is 14.6 Å². The van der Waals surface area contributed by atoms with Crippen molar-refractivity contribution in [3.8, 4) is 34.2 Å². The Morgan fingerprint density at radius 1 is 1.05 bits per heavy atom. The Bertz CT molecular complexity index is 1800. The van der Waals surface area contributed by atoms with Crippen LogP contribution in [0, 0.1) is 17.1 Å². The Morgan fingerprint density at radius 2 is 1.90 bits per heavy atom. The van der Waals surface area contributed by atoms with Gasteiger partial charge in [-0.15, -0.1) is 0 Å². The second-order valence-electron chi connectivity index (χ2n) is 11.0. The molecular weight excluding hydrogens is 535 g/mol. The van der Waals surface area contributed by atoms with Gasteiger partial charge in [0.15, 0.2) is 0 Å². The Balaban J connectivity index is 1.11. The third kappa shape index (κ3) is 4.64. The molecule has 0 aliphatic carbocycles. The number of aromatic amines is 1. The Hall–Kier alpha value is -4.79. The van der Waals surface area contributed by atoms with Gasteiger partial charge in [-0.3, -0.25) is 9.58 Å². The maximum absolute atomic E-state index is 13.7. The Kier molecular flexibility index (Phi) is 6.57. The summed E-state index contributed by atoms with van der Waals surface area (Å²) in [7, 11) is 0. The molecule has 0 spiro atoms. The highest BCUT2D eigenvalue weighted by Crippen LogP contribution is 2.38. The molecule has 212 valence electrons. The number of nitrogens with one attached hydrogen (secondary N) is 1. The Labute approximate surface area is 241 Å². The zero-order valence-electron chi connectivity index (χ0n) is 22.8. The van der Waals surface area contributed by atoms with E-state index in [9.17, 15) is 14.8 Å². The summed E-state index contributed by atoms with van der Waals surface area (Å²) >= 11 is 0. The van der Waals surface area contributed by atoms with Crippen molar-refractivity contribution in [1.82, 2.24) is 29.6 Å². The van der Waals surface area contributed by atoms with E-state index in [-0.39, 0.29) is 18.2 Å². The van der Waals surface area contributed by atoms with Crippen LogP contribution in [0.4, 0.5) is 10.2 Å². The van der Waals surface area contributed by atoms with E-state index in [1.54, 1.807) is 17.1 Å². The van der Waals surface area contributed by atoms with Crippen LogP contribution in [0.25, 0.3) is 33.4 Å². The molecule has 2 atom stereocenters. The molecule has 0 saturated carbocycles. The highest BCUT2D eigenvalue weighted by molar-refractivity contribution is 5.98. The molecule has 3 N–H and O–H groups in total. The SMILES string of the molecule is N#Cc1cnc2[nH]c(-c3cnn(CCCO)c3)cc2c1-c1ccc(N2CC3CC(C2)N3Cc2cc(F)ccc2O)nc1. The smallest absolute Gasteiger partial charge is 0.138 e. The summed E-state index contributed by atoms with van der Waals surface area (Å²) in [6.45, 7) is 2.86. The van der Waals surface area contributed by atoms with Crippen molar-refractivity contribution in [2.24, 2.45) is 0 Å². The summed E-state index contributed by atoms with van der Waals surface area (Å²) < 4.78 is 15.5. The molecule has 2 bridgehead atoms. The van der Waals surface area contributed by atoms with E-state index >= 15 is 0 Å². The average molecular weight is 565 g/mol. The van der Waals surface area contributed by atoms with Crippen molar-refractivity contribution in [2.45, 2.75) is 38.0 Å². The number of hydrogen-bond acceptors (Lipinski definition) is 8. The van der Waals surface area contributed by atoms with Crippen molar-refractivity contribution in [3.05, 3.63) is 78.1 Å². The number of pyridine rings is 2. The second kappa shape index (κ2) is 10.6. The maximum atomic E-state index is 13.7. The van der Waals surface area contributed by atoms with Crippen LogP contribution in [0.2, 0.25) is 0 Å². The number of halogens is 1. The standard InChI is InChI=1S/C31H29FN8O2/c32-23-3-4-28(42)20(8-23)16-40-24-9-25(40)18-38(17-24)29-5-2-19(12-34-29)30-21(11-33)13-35-31-26(30)10-27(37-31)22-14-36-39(15-22)6-1-7-41/h2-5,8,10,12-15,24-25,41-42H,1,6-7,9,16-18H2,(H,35,37). The zero-order chi connectivity index (χ0) is 28.8. The molecule has 0 radical (unpaired) electrons. The predicted molar refractivity (Wildman–Crippen MR) is 155 cm³/mol. The first-order valence-electron chi connectivity index (χ1n) is 14.0. The minimum atomic E-state index is -0.341. The van der Waals surface area contributed by atoms with Gasteiger partial charge in [-0.25, -0.2) is 14.4 Å². The topological polar surface area (TPSA) is 130 Å². The molecule has 3 aliphatic rings.